The van der Waals surface area contributed by atoms with Crippen LogP contribution in [0.15, 0.2) is 66.7 Å². The van der Waals surface area contributed by atoms with Crippen LogP contribution in [0.25, 0.3) is 11.1 Å². The number of benzene rings is 2. The molecule has 0 unspecified atom stereocenters. The largest absolute Gasteiger partial charge is 0.444 e. The third-order valence-electron chi connectivity index (χ3n) is 9.00. The van der Waals surface area contributed by atoms with E-state index in [1.54, 1.807) is 11.0 Å². The second kappa shape index (κ2) is 20.4. The minimum atomic E-state index is -0.521. The Bertz CT molecular complexity index is 1520. The number of likely N-dealkylation sites (tertiary alicyclic amines) is 2. The van der Waals surface area contributed by atoms with Crippen molar-refractivity contribution in [3.8, 4) is 0 Å². The van der Waals surface area contributed by atoms with Crippen molar-refractivity contribution in [2.75, 3.05) is 26.6 Å². The molecule has 2 aromatic rings. The van der Waals surface area contributed by atoms with Crippen molar-refractivity contribution in [2.45, 2.75) is 110 Å². The highest BCUT2D eigenvalue weighted by Gasteiger charge is 2.27. The summed E-state index contributed by atoms with van der Waals surface area (Å²) in [6, 6.07) is 16.0. The molecular weight excluding hydrogens is 630 g/mol. The van der Waals surface area contributed by atoms with E-state index >= 15 is 0 Å². The Morgan fingerprint density at radius 1 is 0.820 bits per heavy atom. The number of carbonyl (C=O) groups is 3. The molecule has 4 rings (SSSR count). The van der Waals surface area contributed by atoms with Gasteiger partial charge in [0.25, 0.3) is 0 Å². The van der Waals surface area contributed by atoms with Crippen molar-refractivity contribution >= 4 is 35.0 Å². The first-order valence-corrected chi connectivity index (χ1v) is 17.5. The molecule has 0 aromatic heterocycles. The lowest BCUT2D eigenvalue weighted by Crippen LogP contribution is -2.34. The zero-order valence-electron chi connectivity index (χ0n) is 31.1. The molecule has 2 heterocycles. The van der Waals surface area contributed by atoms with E-state index < -0.39 is 5.54 Å². The van der Waals surface area contributed by atoms with Crippen LogP contribution in [-0.2, 0) is 34.9 Å². The minimum absolute atomic E-state index is 0.0690. The second-order valence-electron chi connectivity index (χ2n) is 14.3. The van der Waals surface area contributed by atoms with E-state index in [2.05, 4.69) is 24.2 Å². The average molecular weight is 688 g/mol. The third-order valence-corrected chi connectivity index (χ3v) is 9.00. The highest BCUT2D eigenvalue weighted by atomic mass is 16.5. The Balaban J connectivity index is 0.000000292. The van der Waals surface area contributed by atoms with E-state index in [1.807, 2.05) is 84.0 Å². The molecule has 0 atom stereocenters. The normalized spacial score (nSPS) is 15.2. The quantitative estimate of drug-likeness (QED) is 0.154. The summed E-state index contributed by atoms with van der Waals surface area (Å²) in [4.78, 5) is 52.5. The van der Waals surface area contributed by atoms with E-state index in [9.17, 15) is 19.2 Å². The average Bonchev–Trinajstić information content (AvgIpc) is 3.42. The number of aliphatic hydroxyl groups is 1. The highest BCUT2D eigenvalue weighted by Crippen LogP contribution is 2.30. The molecule has 9 nitrogen and oxygen atoms in total. The number of ether oxygens (including phenoxy) is 1. The number of carbonyl (C=O) groups excluding carboxylic acids is 4. The predicted octanol–water partition coefficient (Wildman–Crippen LogP) is 7.92. The number of amides is 2. The monoisotopic (exact) mass is 687 g/mol. The maximum Gasteiger partial charge on any atom is 0.308 e. The van der Waals surface area contributed by atoms with E-state index in [0.29, 0.717) is 19.4 Å². The van der Waals surface area contributed by atoms with Crippen LogP contribution in [0, 0.1) is 0 Å². The van der Waals surface area contributed by atoms with Crippen molar-refractivity contribution in [3.05, 3.63) is 83.9 Å². The molecular formula is C41H57N3O6. The van der Waals surface area contributed by atoms with Crippen LogP contribution in [0.3, 0.4) is 0 Å². The highest BCUT2D eigenvalue weighted by molar-refractivity contribution is 5.77. The van der Waals surface area contributed by atoms with Gasteiger partial charge in [0.15, 0.2) is 6.73 Å². The number of esters is 1. The zero-order valence-corrected chi connectivity index (χ0v) is 31.1. The van der Waals surface area contributed by atoms with Gasteiger partial charge >= 0.3 is 5.97 Å². The Hall–Kier alpha value is -4.33. The topological polar surface area (TPSA) is 117 Å². The summed E-state index contributed by atoms with van der Waals surface area (Å²) in [6.07, 6.45) is 9.13. The summed E-state index contributed by atoms with van der Waals surface area (Å²) >= 11 is 0. The summed E-state index contributed by atoms with van der Waals surface area (Å²) in [5.74, 6) is -0.0958. The zero-order chi connectivity index (χ0) is 37.3. The second-order valence-corrected chi connectivity index (χ2v) is 14.3. The molecule has 2 amide bonds. The molecule has 50 heavy (non-hydrogen) atoms. The molecule has 0 radical (unpaired) electrons. The number of aliphatic imine (C=N–C) groups is 1. The van der Waals surface area contributed by atoms with Gasteiger partial charge in [0.05, 0.1) is 12.0 Å². The Morgan fingerprint density at radius 2 is 1.32 bits per heavy atom. The number of nitrogens with zero attached hydrogens (tertiary/aromatic N) is 3. The Morgan fingerprint density at radius 3 is 1.84 bits per heavy atom. The van der Waals surface area contributed by atoms with Gasteiger partial charge in [-0.2, -0.15) is 4.99 Å². The first-order valence-electron chi connectivity index (χ1n) is 17.5. The van der Waals surface area contributed by atoms with Crippen LogP contribution in [0.5, 0.6) is 0 Å². The number of isocyanates is 1. The first kappa shape index (κ1) is 41.8. The summed E-state index contributed by atoms with van der Waals surface area (Å²) in [7, 11) is 0. The fraction of sp³-hybridized carbons (Fsp3) is 0.512. The van der Waals surface area contributed by atoms with Crippen LogP contribution < -0.4 is 0 Å². The lowest BCUT2D eigenvalue weighted by Gasteiger charge is -2.26. The van der Waals surface area contributed by atoms with Crippen LogP contribution in [0.4, 0.5) is 0 Å². The number of aliphatic hydroxyl groups excluding tert-OH is 1. The van der Waals surface area contributed by atoms with Crippen LogP contribution in [0.1, 0.15) is 122 Å². The molecule has 0 aliphatic carbocycles. The molecule has 9 heteroatoms. The molecule has 0 bridgehead atoms. The summed E-state index contributed by atoms with van der Waals surface area (Å²) in [5.41, 5.74) is 5.36. The Kier molecular flexibility index (Phi) is 17.0. The fourth-order valence-corrected chi connectivity index (χ4v) is 5.58. The van der Waals surface area contributed by atoms with Gasteiger partial charge in [0.1, 0.15) is 6.73 Å². The van der Waals surface area contributed by atoms with Crippen molar-refractivity contribution < 1.29 is 29.0 Å². The molecule has 0 saturated carbocycles. The Labute approximate surface area is 299 Å². The van der Waals surface area contributed by atoms with Crippen molar-refractivity contribution in [1.29, 1.82) is 0 Å². The van der Waals surface area contributed by atoms with Gasteiger partial charge in [-0.15, -0.1) is 0 Å². The smallest absolute Gasteiger partial charge is 0.308 e. The van der Waals surface area contributed by atoms with Gasteiger partial charge in [-0.1, -0.05) is 93.5 Å². The number of allylic oxidation sites excluding steroid dienone is 2. The molecule has 1 N–H and O–H groups in total. The summed E-state index contributed by atoms with van der Waals surface area (Å²) in [5, 5.41) is 8.69. The van der Waals surface area contributed by atoms with Gasteiger partial charge in [-0.3, -0.25) is 14.4 Å². The predicted molar refractivity (Wildman–Crippen MR) is 199 cm³/mol. The lowest BCUT2D eigenvalue weighted by atomic mass is 9.80. The minimum Gasteiger partial charge on any atom is -0.444 e. The molecule has 2 aliphatic rings. The maximum atomic E-state index is 12.3. The van der Waals surface area contributed by atoms with Crippen molar-refractivity contribution in [2.24, 2.45) is 4.99 Å². The number of hydrogen-bond acceptors (Lipinski definition) is 7. The molecule has 2 saturated heterocycles. The van der Waals surface area contributed by atoms with Crippen LogP contribution in [-0.4, -0.2) is 65.3 Å². The lowest BCUT2D eigenvalue weighted by molar-refractivity contribution is -0.153. The van der Waals surface area contributed by atoms with E-state index in [0.717, 1.165) is 78.5 Å². The summed E-state index contributed by atoms with van der Waals surface area (Å²) < 4.78 is 5.39. The third kappa shape index (κ3) is 13.9. The standard InChI is InChI=1S/C21H29NO3.C13H15NO.C7H13NO2/c1-16(2)17-9-8-10-18(13-17)21(3,4)14-20(24)25-15-22-12-7-5-6-11-19(22)23;1-10(2)11-6-5-7-12(8-11)13(3,4)14-9-15;9-6-8-5-3-1-2-4-7(8)10/h8-10,13H,1,5-7,11-12,14-15H2,2-4H3;5-8H,1H2,2-4H3;9H,1-6H2. The van der Waals surface area contributed by atoms with Gasteiger partial charge < -0.3 is 19.6 Å². The van der Waals surface area contributed by atoms with Gasteiger partial charge in [0, 0.05) is 31.3 Å². The van der Waals surface area contributed by atoms with Gasteiger partial charge in [-0.25, -0.2) is 4.79 Å². The van der Waals surface area contributed by atoms with Crippen molar-refractivity contribution in [3.63, 3.8) is 0 Å². The first-order chi connectivity index (χ1) is 23.6. The fourth-order valence-electron chi connectivity index (χ4n) is 5.58. The number of hydrogen-bond donors (Lipinski definition) is 1. The van der Waals surface area contributed by atoms with E-state index in [1.165, 1.54) is 4.90 Å². The van der Waals surface area contributed by atoms with Crippen molar-refractivity contribution in [1.82, 2.24) is 9.80 Å². The molecule has 2 aromatic carbocycles. The van der Waals surface area contributed by atoms with E-state index in [-0.39, 0.29) is 43.1 Å². The molecule has 272 valence electrons. The van der Waals surface area contributed by atoms with Crippen LogP contribution in [0.2, 0.25) is 0 Å². The summed E-state index contributed by atoms with van der Waals surface area (Å²) in [6.45, 7) is 21.0. The molecule has 2 fully saturated rings. The van der Waals surface area contributed by atoms with Gasteiger partial charge in [0.2, 0.25) is 17.9 Å². The number of rotatable bonds is 10. The van der Waals surface area contributed by atoms with E-state index in [4.69, 9.17) is 9.84 Å². The molecule has 2 aliphatic heterocycles. The van der Waals surface area contributed by atoms with Crippen LogP contribution >= 0.6 is 0 Å². The SMILES string of the molecule is C=C(C)c1cccc(C(C)(C)CC(=O)OCN2CCCCCC2=O)c1.C=C(C)c1cccc(C(C)(C)N=C=O)c1.O=C1CCCCCN1CO. The van der Waals surface area contributed by atoms with Gasteiger partial charge in [-0.05, 0) is 81.7 Å². The maximum absolute atomic E-state index is 12.3. The molecule has 0 spiro atoms.